The number of nitrogens with one attached hydrogen (secondary N) is 1. The SMILES string of the molecule is COC(=O)[C@@H](Cc1ccc(O)cc1)NC(=O)c1cc2c(n(-c3ccc(Cl)cc3)c1=O)CCCC2=O. The highest BCUT2D eigenvalue weighted by Gasteiger charge is 2.29. The van der Waals surface area contributed by atoms with Gasteiger partial charge in [0, 0.05) is 34.8 Å². The number of ketones is 1. The normalized spacial score (nSPS) is 13.6. The number of hydrogen-bond donors (Lipinski definition) is 2. The van der Waals surface area contributed by atoms with Gasteiger partial charge in [0.15, 0.2) is 5.78 Å². The van der Waals surface area contributed by atoms with Crippen LogP contribution in [-0.2, 0) is 22.4 Å². The zero-order valence-corrected chi connectivity index (χ0v) is 19.7. The molecule has 1 amide bonds. The molecule has 0 unspecified atom stereocenters. The van der Waals surface area contributed by atoms with Crippen molar-refractivity contribution >= 4 is 29.3 Å². The molecule has 0 saturated heterocycles. The number of pyridine rings is 1. The van der Waals surface area contributed by atoms with E-state index in [0.29, 0.717) is 46.8 Å². The van der Waals surface area contributed by atoms with Crippen LogP contribution in [0.1, 0.15) is 44.8 Å². The third-order valence-electron chi connectivity index (χ3n) is 5.92. The van der Waals surface area contributed by atoms with Crippen molar-refractivity contribution in [2.45, 2.75) is 31.7 Å². The Hall–Kier alpha value is -3.91. The molecule has 1 aliphatic carbocycles. The molecule has 1 atom stereocenters. The lowest BCUT2D eigenvalue weighted by Crippen LogP contribution is -2.45. The fourth-order valence-corrected chi connectivity index (χ4v) is 4.28. The fraction of sp³-hybridized carbons (Fsp3) is 0.231. The van der Waals surface area contributed by atoms with Gasteiger partial charge in [0.25, 0.3) is 11.5 Å². The Morgan fingerprint density at radius 2 is 1.77 bits per heavy atom. The lowest BCUT2D eigenvalue weighted by Gasteiger charge is -2.22. The maximum Gasteiger partial charge on any atom is 0.328 e. The van der Waals surface area contributed by atoms with E-state index in [1.807, 2.05) is 0 Å². The van der Waals surface area contributed by atoms with E-state index in [0.717, 1.165) is 0 Å². The van der Waals surface area contributed by atoms with Crippen molar-refractivity contribution in [2.75, 3.05) is 7.11 Å². The zero-order valence-electron chi connectivity index (χ0n) is 18.9. The molecule has 0 spiro atoms. The molecule has 1 aliphatic rings. The predicted molar refractivity (Wildman–Crippen MR) is 129 cm³/mol. The highest BCUT2D eigenvalue weighted by molar-refractivity contribution is 6.30. The van der Waals surface area contributed by atoms with Crippen LogP contribution >= 0.6 is 11.6 Å². The standard InChI is InChI=1S/C26H23ClN2O6/c1-35-26(34)21(13-15-5-11-18(30)12-6-15)28-24(32)20-14-19-22(3-2-4-23(19)31)29(25(20)33)17-9-7-16(27)8-10-17/h5-12,14,21,30H,2-4,13H2,1H3,(H,28,32)/t21-/m1/s1. The number of benzene rings is 2. The van der Waals surface area contributed by atoms with Crippen LogP contribution in [0.5, 0.6) is 5.75 Å². The highest BCUT2D eigenvalue weighted by atomic mass is 35.5. The van der Waals surface area contributed by atoms with Crippen molar-refractivity contribution < 1.29 is 24.2 Å². The van der Waals surface area contributed by atoms with Crippen molar-refractivity contribution in [3.8, 4) is 11.4 Å². The summed E-state index contributed by atoms with van der Waals surface area (Å²) in [5, 5.41) is 12.5. The summed E-state index contributed by atoms with van der Waals surface area (Å²) >= 11 is 6.00. The number of esters is 1. The maximum atomic E-state index is 13.5. The Labute approximate surface area is 206 Å². The number of phenols is 1. The van der Waals surface area contributed by atoms with Gasteiger partial charge in [-0.1, -0.05) is 23.7 Å². The number of halogens is 1. The molecule has 3 aromatic rings. The molecule has 0 bridgehead atoms. The number of rotatable bonds is 6. The summed E-state index contributed by atoms with van der Waals surface area (Å²) in [7, 11) is 1.20. The molecule has 0 saturated carbocycles. The van der Waals surface area contributed by atoms with Gasteiger partial charge < -0.3 is 15.2 Å². The average molecular weight is 495 g/mol. The summed E-state index contributed by atoms with van der Waals surface area (Å²) < 4.78 is 6.20. The second-order valence-electron chi connectivity index (χ2n) is 8.23. The molecule has 8 nitrogen and oxygen atoms in total. The molecular weight excluding hydrogens is 472 g/mol. The van der Waals surface area contributed by atoms with E-state index < -0.39 is 23.5 Å². The minimum absolute atomic E-state index is 0.0638. The Kier molecular flexibility index (Phi) is 7.02. The molecule has 0 aliphatic heterocycles. The first-order chi connectivity index (χ1) is 16.8. The number of ether oxygens (including phenoxy) is 1. The van der Waals surface area contributed by atoms with Crippen LogP contribution in [0, 0.1) is 0 Å². The summed E-state index contributed by atoms with van der Waals surface area (Å²) in [6.45, 7) is 0. The summed E-state index contributed by atoms with van der Waals surface area (Å²) in [6.07, 6.45) is 1.50. The third-order valence-corrected chi connectivity index (χ3v) is 6.17. The van der Waals surface area contributed by atoms with Crippen molar-refractivity contribution in [1.29, 1.82) is 0 Å². The van der Waals surface area contributed by atoms with E-state index in [4.69, 9.17) is 16.3 Å². The van der Waals surface area contributed by atoms with E-state index in [1.165, 1.54) is 29.9 Å². The Morgan fingerprint density at radius 3 is 2.43 bits per heavy atom. The Balaban J connectivity index is 1.75. The highest BCUT2D eigenvalue weighted by Crippen LogP contribution is 2.24. The molecule has 4 rings (SSSR count). The number of nitrogens with zero attached hydrogens (tertiary/aromatic N) is 1. The fourth-order valence-electron chi connectivity index (χ4n) is 4.16. The van der Waals surface area contributed by atoms with E-state index in [1.54, 1.807) is 36.4 Å². The summed E-state index contributed by atoms with van der Waals surface area (Å²) in [4.78, 5) is 51.9. The number of aromatic hydroxyl groups is 1. The van der Waals surface area contributed by atoms with Crippen LogP contribution in [0.3, 0.4) is 0 Å². The van der Waals surface area contributed by atoms with Gasteiger partial charge in [0.2, 0.25) is 0 Å². The molecule has 9 heteroatoms. The number of hydrogen-bond acceptors (Lipinski definition) is 6. The lowest BCUT2D eigenvalue weighted by molar-refractivity contribution is -0.142. The van der Waals surface area contributed by atoms with Gasteiger partial charge in [-0.2, -0.15) is 0 Å². The van der Waals surface area contributed by atoms with Crippen molar-refractivity contribution in [2.24, 2.45) is 0 Å². The van der Waals surface area contributed by atoms with Crippen LogP contribution in [0.25, 0.3) is 5.69 Å². The molecular formula is C26H23ClN2O6. The molecule has 35 heavy (non-hydrogen) atoms. The van der Waals surface area contributed by atoms with Crippen LogP contribution in [0.2, 0.25) is 5.02 Å². The van der Waals surface area contributed by atoms with Gasteiger partial charge in [-0.15, -0.1) is 0 Å². The van der Waals surface area contributed by atoms with Crippen LogP contribution < -0.4 is 10.9 Å². The number of methoxy groups -OCH3 is 1. The zero-order chi connectivity index (χ0) is 25.1. The van der Waals surface area contributed by atoms with Crippen molar-refractivity contribution in [3.05, 3.63) is 92.4 Å². The number of aromatic nitrogens is 1. The van der Waals surface area contributed by atoms with Crippen LogP contribution in [-0.4, -0.2) is 40.5 Å². The summed E-state index contributed by atoms with van der Waals surface area (Å²) in [5.74, 6) is -1.59. The second-order valence-corrected chi connectivity index (χ2v) is 8.67. The summed E-state index contributed by atoms with van der Waals surface area (Å²) in [6, 6.07) is 12.9. The minimum Gasteiger partial charge on any atom is -0.508 e. The van der Waals surface area contributed by atoms with E-state index in [-0.39, 0.29) is 23.5 Å². The van der Waals surface area contributed by atoms with Gasteiger partial charge in [0.1, 0.15) is 17.4 Å². The lowest BCUT2D eigenvalue weighted by atomic mass is 9.92. The Morgan fingerprint density at radius 1 is 1.09 bits per heavy atom. The quantitative estimate of drug-likeness (QED) is 0.508. The van der Waals surface area contributed by atoms with E-state index in [2.05, 4.69) is 5.32 Å². The molecule has 2 N–H and O–H groups in total. The third kappa shape index (κ3) is 5.12. The number of carbonyl (C=O) groups is 3. The van der Waals surface area contributed by atoms with Gasteiger partial charge in [-0.3, -0.25) is 19.0 Å². The Bertz CT molecular complexity index is 1350. The molecule has 0 radical (unpaired) electrons. The summed E-state index contributed by atoms with van der Waals surface area (Å²) in [5.41, 5.74) is 1.13. The molecule has 1 heterocycles. The number of Topliss-reactive ketones (excluding diaryl/α,β-unsaturated/α-hetero) is 1. The second kappa shape index (κ2) is 10.1. The van der Waals surface area contributed by atoms with E-state index >= 15 is 0 Å². The minimum atomic E-state index is -1.09. The van der Waals surface area contributed by atoms with Gasteiger partial charge in [0.05, 0.1) is 7.11 Å². The topological polar surface area (TPSA) is 115 Å². The first kappa shape index (κ1) is 24.2. The van der Waals surface area contributed by atoms with Crippen molar-refractivity contribution in [3.63, 3.8) is 0 Å². The molecule has 0 fully saturated rings. The maximum absolute atomic E-state index is 13.5. The average Bonchev–Trinajstić information content (AvgIpc) is 2.85. The van der Waals surface area contributed by atoms with E-state index in [9.17, 15) is 24.3 Å². The molecule has 180 valence electrons. The monoisotopic (exact) mass is 494 g/mol. The number of fused-ring (bicyclic) bond motifs is 1. The molecule has 2 aromatic carbocycles. The molecule has 1 aromatic heterocycles. The van der Waals surface area contributed by atoms with Crippen LogP contribution in [0.4, 0.5) is 0 Å². The smallest absolute Gasteiger partial charge is 0.328 e. The van der Waals surface area contributed by atoms with Gasteiger partial charge in [-0.05, 0) is 60.9 Å². The number of phenolic OH excluding ortho intramolecular Hbond substituents is 1. The van der Waals surface area contributed by atoms with Crippen molar-refractivity contribution in [1.82, 2.24) is 9.88 Å². The number of amides is 1. The predicted octanol–water partition coefficient (Wildman–Crippen LogP) is 3.23. The van der Waals surface area contributed by atoms with Gasteiger partial charge >= 0.3 is 5.97 Å². The first-order valence-electron chi connectivity index (χ1n) is 11.0. The largest absolute Gasteiger partial charge is 0.508 e. The number of carbonyl (C=O) groups excluding carboxylic acids is 3. The first-order valence-corrected chi connectivity index (χ1v) is 11.4. The van der Waals surface area contributed by atoms with Crippen LogP contribution in [0.15, 0.2) is 59.4 Å². The van der Waals surface area contributed by atoms with Gasteiger partial charge in [-0.25, -0.2) is 4.79 Å².